The van der Waals surface area contributed by atoms with Crippen molar-refractivity contribution >= 4 is 5.91 Å². The Kier molecular flexibility index (Phi) is 4.00. The Morgan fingerprint density at radius 2 is 2.15 bits per heavy atom. The summed E-state index contributed by atoms with van der Waals surface area (Å²) in [6.07, 6.45) is 6.18. The topological polar surface area (TPSA) is 73.9 Å². The highest BCUT2D eigenvalue weighted by Gasteiger charge is 2.28. The van der Waals surface area contributed by atoms with Crippen LogP contribution >= 0.6 is 0 Å². The summed E-state index contributed by atoms with van der Waals surface area (Å²) in [5.41, 5.74) is 0. The van der Waals surface area contributed by atoms with Crippen LogP contribution in [0, 0.1) is 0 Å². The highest BCUT2D eigenvalue weighted by molar-refractivity contribution is 5.90. The van der Waals surface area contributed by atoms with E-state index < -0.39 is 0 Å². The molecule has 1 aliphatic heterocycles. The zero-order valence-electron chi connectivity index (χ0n) is 12.1. The van der Waals surface area contributed by atoms with Gasteiger partial charge in [0, 0.05) is 18.5 Å². The molecule has 1 unspecified atom stereocenters. The van der Waals surface area contributed by atoms with Crippen LogP contribution in [-0.2, 0) is 0 Å². The standard InChI is InChI=1S/C14H23N5O/c1-10(19-7-3-2-4-8-19)9-15-14(20)13-16-12(17-18-13)11-5-6-11/h10-11H,2-9H2,1H3,(H,15,20)(H,16,17,18). The van der Waals surface area contributed by atoms with Gasteiger partial charge in [-0.2, -0.15) is 0 Å². The third-order valence-corrected chi connectivity index (χ3v) is 4.24. The van der Waals surface area contributed by atoms with Crippen LogP contribution < -0.4 is 5.32 Å². The summed E-state index contributed by atoms with van der Waals surface area (Å²) >= 11 is 0. The molecule has 2 N–H and O–H groups in total. The zero-order chi connectivity index (χ0) is 13.9. The number of nitrogens with zero attached hydrogens (tertiary/aromatic N) is 3. The lowest BCUT2D eigenvalue weighted by molar-refractivity contribution is 0.0920. The first kappa shape index (κ1) is 13.5. The number of hydrogen-bond acceptors (Lipinski definition) is 4. The summed E-state index contributed by atoms with van der Waals surface area (Å²) in [5.74, 6) is 1.46. The first-order valence-electron chi connectivity index (χ1n) is 7.68. The van der Waals surface area contributed by atoms with Crippen LogP contribution in [0.1, 0.15) is 61.4 Å². The summed E-state index contributed by atoms with van der Waals surface area (Å²) in [4.78, 5) is 18.7. The molecule has 20 heavy (non-hydrogen) atoms. The minimum Gasteiger partial charge on any atom is -0.348 e. The molecule has 1 saturated heterocycles. The number of rotatable bonds is 5. The van der Waals surface area contributed by atoms with E-state index in [0.717, 1.165) is 31.8 Å². The van der Waals surface area contributed by atoms with E-state index in [2.05, 4.69) is 32.3 Å². The van der Waals surface area contributed by atoms with Gasteiger partial charge in [-0.3, -0.25) is 14.8 Å². The second kappa shape index (κ2) is 5.91. The Morgan fingerprint density at radius 3 is 2.85 bits per heavy atom. The van der Waals surface area contributed by atoms with Gasteiger partial charge < -0.3 is 5.32 Å². The molecule has 1 aromatic rings. The molecule has 2 heterocycles. The van der Waals surface area contributed by atoms with Gasteiger partial charge in [-0.05, 0) is 45.7 Å². The minimum absolute atomic E-state index is 0.169. The SMILES string of the molecule is CC(CNC(=O)c1n[nH]c(C2CC2)n1)N1CCCCC1. The van der Waals surface area contributed by atoms with E-state index in [0.29, 0.717) is 18.5 Å². The maximum Gasteiger partial charge on any atom is 0.291 e. The van der Waals surface area contributed by atoms with Gasteiger partial charge >= 0.3 is 0 Å². The predicted molar refractivity (Wildman–Crippen MR) is 75.6 cm³/mol. The zero-order valence-corrected chi connectivity index (χ0v) is 12.1. The Hall–Kier alpha value is -1.43. The molecule has 0 spiro atoms. The smallest absolute Gasteiger partial charge is 0.291 e. The third kappa shape index (κ3) is 3.17. The summed E-state index contributed by atoms with van der Waals surface area (Å²) in [7, 11) is 0. The van der Waals surface area contributed by atoms with Crippen molar-refractivity contribution in [1.82, 2.24) is 25.4 Å². The largest absolute Gasteiger partial charge is 0.348 e. The minimum atomic E-state index is -0.169. The Bertz CT molecular complexity index is 462. The molecular weight excluding hydrogens is 254 g/mol. The molecule has 2 aliphatic rings. The molecule has 1 aromatic heterocycles. The van der Waals surface area contributed by atoms with Gasteiger partial charge in [0.2, 0.25) is 5.82 Å². The van der Waals surface area contributed by atoms with E-state index in [1.54, 1.807) is 0 Å². The molecule has 0 radical (unpaired) electrons. The van der Waals surface area contributed by atoms with Crippen LogP contribution in [0.15, 0.2) is 0 Å². The normalized spacial score (nSPS) is 21.6. The van der Waals surface area contributed by atoms with Gasteiger partial charge in [0.25, 0.3) is 5.91 Å². The Labute approximate surface area is 119 Å². The molecule has 0 bridgehead atoms. The fraction of sp³-hybridized carbons (Fsp3) is 0.786. The molecule has 2 fully saturated rings. The highest BCUT2D eigenvalue weighted by atomic mass is 16.2. The van der Waals surface area contributed by atoms with Gasteiger partial charge in [-0.15, -0.1) is 5.10 Å². The molecule has 3 rings (SSSR count). The number of nitrogens with one attached hydrogen (secondary N) is 2. The van der Waals surface area contributed by atoms with E-state index >= 15 is 0 Å². The number of piperidine rings is 1. The van der Waals surface area contributed by atoms with Gasteiger partial charge in [-0.25, -0.2) is 4.98 Å². The lowest BCUT2D eigenvalue weighted by atomic mass is 10.1. The predicted octanol–water partition coefficient (Wildman–Crippen LogP) is 1.29. The molecule has 6 heteroatoms. The van der Waals surface area contributed by atoms with Crippen molar-refractivity contribution in [2.45, 2.75) is 51.0 Å². The monoisotopic (exact) mass is 277 g/mol. The molecule has 0 aromatic carbocycles. The van der Waals surface area contributed by atoms with Gasteiger partial charge in [-0.1, -0.05) is 6.42 Å². The summed E-state index contributed by atoms with van der Waals surface area (Å²) in [6.45, 7) is 5.11. The number of likely N-dealkylation sites (tertiary alicyclic amines) is 1. The lowest BCUT2D eigenvalue weighted by Gasteiger charge is -2.32. The number of aromatic amines is 1. The van der Waals surface area contributed by atoms with Crippen LogP contribution in [0.2, 0.25) is 0 Å². The molecule has 1 amide bonds. The van der Waals surface area contributed by atoms with Gasteiger partial charge in [0.15, 0.2) is 0 Å². The maximum absolute atomic E-state index is 12.0. The number of hydrogen-bond donors (Lipinski definition) is 2. The van der Waals surface area contributed by atoms with Crippen molar-refractivity contribution in [2.75, 3.05) is 19.6 Å². The van der Waals surface area contributed by atoms with Gasteiger partial charge in [0.05, 0.1) is 0 Å². The lowest BCUT2D eigenvalue weighted by Crippen LogP contribution is -2.44. The molecule has 1 aliphatic carbocycles. The fourth-order valence-electron chi connectivity index (χ4n) is 2.72. The van der Waals surface area contributed by atoms with E-state index in [4.69, 9.17) is 0 Å². The molecule has 1 saturated carbocycles. The van der Waals surface area contributed by atoms with Crippen molar-refractivity contribution in [1.29, 1.82) is 0 Å². The average molecular weight is 277 g/mol. The first-order chi connectivity index (χ1) is 9.74. The van der Waals surface area contributed by atoms with Crippen molar-refractivity contribution in [3.63, 3.8) is 0 Å². The number of aromatic nitrogens is 3. The molecule has 1 atom stereocenters. The van der Waals surface area contributed by atoms with Crippen LogP contribution in [-0.4, -0.2) is 51.7 Å². The molecule has 110 valence electrons. The maximum atomic E-state index is 12.0. The van der Waals surface area contributed by atoms with Crippen molar-refractivity contribution in [3.05, 3.63) is 11.6 Å². The third-order valence-electron chi connectivity index (χ3n) is 4.24. The number of amides is 1. The van der Waals surface area contributed by atoms with Crippen molar-refractivity contribution in [2.24, 2.45) is 0 Å². The second-order valence-corrected chi connectivity index (χ2v) is 5.97. The van der Waals surface area contributed by atoms with Crippen LogP contribution in [0.3, 0.4) is 0 Å². The Morgan fingerprint density at radius 1 is 1.40 bits per heavy atom. The Balaban J connectivity index is 1.47. The van der Waals surface area contributed by atoms with Crippen molar-refractivity contribution in [3.8, 4) is 0 Å². The average Bonchev–Trinajstić information content (AvgIpc) is 3.22. The number of carbonyl (C=O) groups excluding carboxylic acids is 1. The van der Waals surface area contributed by atoms with E-state index in [1.165, 1.54) is 19.3 Å². The van der Waals surface area contributed by atoms with E-state index in [-0.39, 0.29) is 11.7 Å². The second-order valence-electron chi connectivity index (χ2n) is 5.97. The summed E-state index contributed by atoms with van der Waals surface area (Å²) in [6, 6.07) is 0.376. The summed E-state index contributed by atoms with van der Waals surface area (Å²) < 4.78 is 0. The van der Waals surface area contributed by atoms with Crippen molar-refractivity contribution < 1.29 is 4.79 Å². The highest BCUT2D eigenvalue weighted by Crippen LogP contribution is 2.37. The molecule has 6 nitrogen and oxygen atoms in total. The fourth-order valence-corrected chi connectivity index (χ4v) is 2.72. The van der Waals surface area contributed by atoms with E-state index in [9.17, 15) is 4.79 Å². The van der Waals surface area contributed by atoms with Crippen LogP contribution in [0.5, 0.6) is 0 Å². The molecular formula is C14H23N5O. The first-order valence-corrected chi connectivity index (χ1v) is 7.68. The van der Waals surface area contributed by atoms with Gasteiger partial charge in [0.1, 0.15) is 5.82 Å². The quantitative estimate of drug-likeness (QED) is 0.850. The van der Waals surface area contributed by atoms with Crippen LogP contribution in [0.4, 0.5) is 0 Å². The number of carbonyl (C=O) groups is 1. The number of H-pyrrole nitrogens is 1. The van der Waals surface area contributed by atoms with Crippen LogP contribution in [0.25, 0.3) is 0 Å². The van der Waals surface area contributed by atoms with E-state index in [1.807, 2.05) is 0 Å². The summed E-state index contributed by atoms with van der Waals surface area (Å²) in [5, 5.41) is 9.82.